The number of aromatic nitrogens is 2. The summed E-state index contributed by atoms with van der Waals surface area (Å²) >= 11 is 1.72. The highest BCUT2D eigenvalue weighted by atomic mass is 32.2. The quantitative estimate of drug-likeness (QED) is 0.433. The number of nitrogens with two attached hydrogens (primary N) is 1. The summed E-state index contributed by atoms with van der Waals surface area (Å²) in [4.78, 5) is 11.6. The summed E-state index contributed by atoms with van der Waals surface area (Å²) in [6.07, 6.45) is 8.73. The van der Waals surface area contributed by atoms with Crippen LogP contribution in [0, 0.1) is 0 Å². The molecule has 0 saturated carbocycles. The van der Waals surface area contributed by atoms with Crippen LogP contribution in [-0.2, 0) is 9.31 Å². The number of thioether (sulfide) groups is 1. The molecule has 0 spiro atoms. The second-order valence-corrected chi connectivity index (χ2v) is 9.56. The molecule has 150 valence electrons. The van der Waals surface area contributed by atoms with Crippen molar-refractivity contribution in [2.45, 2.75) is 75.8 Å². The van der Waals surface area contributed by atoms with Crippen molar-refractivity contribution in [3.63, 3.8) is 0 Å². The van der Waals surface area contributed by atoms with Crippen molar-refractivity contribution in [3.8, 4) is 0 Å². The average Bonchev–Trinajstić information content (AvgIpc) is 2.85. The fourth-order valence-electron chi connectivity index (χ4n) is 3.63. The van der Waals surface area contributed by atoms with Crippen LogP contribution in [0.5, 0.6) is 0 Å². The summed E-state index contributed by atoms with van der Waals surface area (Å²) in [6, 6.07) is 0.652. The van der Waals surface area contributed by atoms with Gasteiger partial charge in [-0.3, -0.25) is 4.90 Å². The third kappa shape index (κ3) is 5.04. The minimum Gasteiger partial charge on any atom is -0.399 e. The monoisotopic (exact) mass is 392 g/mol. The number of hydrogen-bond donors (Lipinski definition) is 1. The SMILES string of the molecule is CC1(C)OB(c2cnc(SCCC3CCCCN3CCN)nc2)OC1(C)C. The predicted molar refractivity (Wildman–Crippen MR) is 111 cm³/mol. The van der Waals surface area contributed by atoms with Gasteiger partial charge in [0.05, 0.1) is 11.2 Å². The Kier molecular flexibility index (Phi) is 6.85. The summed E-state index contributed by atoms with van der Waals surface area (Å²) in [6.45, 7) is 11.1. The van der Waals surface area contributed by atoms with Crippen molar-refractivity contribution in [2.75, 3.05) is 25.4 Å². The molecule has 27 heavy (non-hydrogen) atoms. The van der Waals surface area contributed by atoms with E-state index in [0.29, 0.717) is 6.04 Å². The van der Waals surface area contributed by atoms with Crippen LogP contribution >= 0.6 is 11.8 Å². The van der Waals surface area contributed by atoms with E-state index in [-0.39, 0.29) is 11.2 Å². The molecule has 0 bridgehead atoms. The third-order valence-electron chi connectivity index (χ3n) is 6.02. The van der Waals surface area contributed by atoms with E-state index < -0.39 is 7.12 Å². The van der Waals surface area contributed by atoms with Crippen LogP contribution in [0.1, 0.15) is 53.4 Å². The lowest BCUT2D eigenvalue weighted by molar-refractivity contribution is 0.00578. The van der Waals surface area contributed by atoms with Gasteiger partial charge >= 0.3 is 7.12 Å². The van der Waals surface area contributed by atoms with E-state index in [1.165, 1.54) is 25.8 Å². The van der Waals surface area contributed by atoms with Crippen molar-refractivity contribution in [3.05, 3.63) is 12.4 Å². The van der Waals surface area contributed by atoms with Crippen molar-refractivity contribution >= 4 is 24.3 Å². The summed E-state index contributed by atoms with van der Waals surface area (Å²) in [5.74, 6) is 1.03. The summed E-state index contributed by atoms with van der Waals surface area (Å²) in [7, 11) is -0.402. The maximum Gasteiger partial charge on any atom is 0.498 e. The molecular weight excluding hydrogens is 359 g/mol. The van der Waals surface area contributed by atoms with E-state index in [4.69, 9.17) is 15.0 Å². The van der Waals surface area contributed by atoms with E-state index in [2.05, 4.69) is 42.6 Å². The number of nitrogens with zero attached hydrogens (tertiary/aromatic N) is 3. The van der Waals surface area contributed by atoms with Crippen molar-refractivity contribution in [1.82, 2.24) is 14.9 Å². The highest BCUT2D eigenvalue weighted by molar-refractivity contribution is 7.99. The molecule has 0 aromatic carbocycles. The molecule has 2 aliphatic heterocycles. The van der Waals surface area contributed by atoms with Crippen LogP contribution in [0.3, 0.4) is 0 Å². The highest BCUT2D eigenvalue weighted by Gasteiger charge is 2.51. The van der Waals surface area contributed by atoms with Crippen LogP contribution < -0.4 is 11.2 Å². The molecule has 2 aliphatic rings. The second kappa shape index (κ2) is 8.78. The fourth-order valence-corrected chi connectivity index (χ4v) is 4.46. The van der Waals surface area contributed by atoms with Gasteiger partial charge in [-0.25, -0.2) is 9.97 Å². The molecule has 1 aromatic heterocycles. The molecule has 0 aliphatic carbocycles. The molecule has 1 atom stereocenters. The Morgan fingerprint density at radius 2 is 1.85 bits per heavy atom. The first-order chi connectivity index (χ1) is 12.8. The standard InChI is InChI=1S/C19H33BN4O2S/c1-18(2)19(3,4)26-20(25-18)15-13-22-17(23-14-15)27-12-8-16-7-5-6-10-24(16)11-9-21/h13-14,16H,5-12,21H2,1-4H3. The number of likely N-dealkylation sites (tertiary alicyclic amines) is 1. The molecule has 6 nitrogen and oxygen atoms in total. The predicted octanol–water partition coefficient (Wildman–Crippen LogP) is 2.07. The molecule has 3 heterocycles. The van der Waals surface area contributed by atoms with Crippen molar-refractivity contribution < 1.29 is 9.31 Å². The average molecular weight is 392 g/mol. The fraction of sp³-hybridized carbons (Fsp3) is 0.789. The Morgan fingerprint density at radius 1 is 1.19 bits per heavy atom. The zero-order chi connectivity index (χ0) is 19.5. The molecule has 2 N–H and O–H groups in total. The maximum absolute atomic E-state index is 6.06. The Morgan fingerprint density at radius 3 is 2.48 bits per heavy atom. The Balaban J connectivity index is 1.50. The van der Waals surface area contributed by atoms with Crippen LogP contribution in [-0.4, -0.2) is 64.6 Å². The molecule has 1 unspecified atom stereocenters. The van der Waals surface area contributed by atoms with Gasteiger partial charge in [-0.1, -0.05) is 18.2 Å². The normalized spacial score (nSPS) is 25.1. The van der Waals surface area contributed by atoms with Gasteiger partial charge in [0.1, 0.15) is 0 Å². The molecular formula is C19H33BN4O2S. The summed E-state index contributed by atoms with van der Waals surface area (Å²) in [5, 5.41) is 0.816. The van der Waals surface area contributed by atoms with Crippen LogP contribution in [0.15, 0.2) is 17.6 Å². The minimum atomic E-state index is -0.402. The zero-order valence-electron chi connectivity index (χ0n) is 17.1. The first kappa shape index (κ1) is 21.1. The van der Waals surface area contributed by atoms with E-state index >= 15 is 0 Å². The number of hydrogen-bond acceptors (Lipinski definition) is 7. The van der Waals surface area contributed by atoms with Crippen molar-refractivity contribution in [2.24, 2.45) is 5.73 Å². The second-order valence-electron chi connectivity index (χ2n) is 8.50. The topological polar surface area (TPSA) is 73.5 Å². The van der Waals surface area contributed by atoms with Crippen LogP contribution in [0.25, 0.3) is 0 Å². The zero-order valence-corrected chi connectivity index (χ0v) is 17.9. The molecule has 0 amide bonds. The number of piperidine rings is 1. The lowest BCUT2D eigenvalue weighted by Gasteiger charge is -2.35. The summed E-state index contributed by atoms with van der Waals surface area (Å²) in [5.41, 5.74) is 5.93. The molecule has 3 rings (SSSR count). The van der Waals surface area contributed by atoms with Gasteiger partial charge in [-0.15, -0.1) is 0 Å². The molecule has 8 heteroatoms. The van der Waals surface area contributed by atoms with Crippen LogP contribution in [0.2, 0.25) is 0 Å². The molecule has 2 fully saturated rings. The largest absolute Gasteiger partial charge is 0.498 e. The maximum atomic E-state index is 6.06. The molecule has 0 radical (unpaired) electrons. The van der Waals surface area contributed by atoms with Gasteiger partial charge in [0, 0.05) is 42.7 Å². The van der Waals surface area contributed by atoms with Gasteiger partial charge in [0.25, 0.3) is 0 Å². The third-order valence-corrected chi connectivity index (χ3v) is 6.93. The lowest BCUT2D eigenvalue weighted by atomic mass is 9.81. The van der Waals surface area contributed by atoms with Crippen molar-refractivity contribution in [1.29, 1.82) is 0 Å². The van der Waals surface area contributed by atoms with Gasteiger partial charge in [-0.2, -0.15) is 0 Å². The van der Waals surface area contributed by atoms with Gasteiger partial charge in [0.15, 0.2) is 5.16 Å². The molecule has 1 aromatic rings. The number of rotatable bonds is 7. The van der Waals surface area contributed by atoms with Gasteiger partial charge < -0.3 is 15.0 Å². The van der Waals surface area contributed by atoms with E-state index in [1.54, 1.807) is 11.8 Å². The Bertz CT molecular complexity index is 596. The lowest BCUT2D eigenvalue weighted by Crippen LogP contribution is -2.42. The van der Waals surface area contributed by atoms with E-state index in [1.807, 2.05) is 12.4 Å². The highest BCUT2D eigenvalue weighted by Crippen LogP contribution is 2.36. The molecule has 2 saturated heterocycles. The first-order valence-electron chi connectivity index (χ1n) is 10.1. The van der Waals surface area contributed by atoms with E-state index in [0.717, 1.165) is 35.9 Å². The Labute approximate surface area is 168 Å². The van der Waals surface area contributed by atoms with E-state index in [9.17, 15) is 0 Å². The smallest absolute Gasteiger partial charge is 0.399 e. The minimum absolute atomic E-state index is 0.347. The summed E-state index contributed by atoms with van der Waals surface area (Å²) < 4.78 is 12.1. The van der Waals surface area contributed by atoms with Gasteiger partial charge in [-0.05, 0) is 53.5 Å². The van der Waals surface area contributed by atoms with Crippen LogP contribution in [0.4, 0.5) is 0 Å². The Hall–Kier alpha value is -0.665. The first-order valence-corrected chi connectivity index (χ1v) is 11.1. The van der Waals surface area contributed by atoms with Gasteiger partial charge in [0.2, 0.25) is 0 Å².